The molecule has 0 aliphatic heterocycles. The summed E-state index contributed by atoms with van der Waals surface area (Å²) < 4.78 is 24.3. The molecule has 5 heteroatoms. The van der Waals surface area contributed by atoms with Crippen molar-refractivity contribution in [3.63, 3.8) is 0 Å². The van der Waals surface area contributed by atoms with Gasteiger partial charge in [-0.2, -0.15) is 0 Å². The summed E-state index contributed by atoms with van der Waals surface area (Å²) in [6.07, 6.45) is 0. The van der Waals surface area contributed by atoms with Crippen LogP contribution in [0.4, 0.5) is 4.39 Å². The third-order valence-electron chi connectivity index (χ3n) is 3.05. The topological polar surface area (TPSA) is 51.3 Å². The number of ether oxygens (including phenoxy) is 2. The molecule has 1 heterocycles. The second-order valence-electron chi connectivity index (χ2n) is 4.46. The fourth-order valence-electron chi connectivity index (χ4n) is 2.07. The van der Waals surface area contributed by atoms with Crippen LogP contribution >= 0.6 is 0 Å². The summed E-state index contributed by atoms with van der Waals surface area (Å²) in [6.45, 7) is 0. The van der Waals surface area contributed by atoms with Crippen molar-refractivity contribution in [3.05, 3.63) is 60.0 Å². The van der Waals surface area contributed by atoms with E-state index in [2.05, 4.69) is 9.72 Å². The normalized spacial score (nSPS) is 10.6. The number of fused-ring (bicyclic) bond motifs is 1. The van der Waals surface area contributed by atoms with Crippen molar-refractivity contribution in [2.24, 2.45) is 0 Å². The number of nitrogens with one attached hydrogen (secondary N) is 1. The zero-order chi connectivity index (χ0) is 14.8. The summed E-state index contributed by atoms with van der Waals surface area (Å²) in [4.78, 5) is 14.3. The van der Waals surface area contributed by atoms with Crippen LogP contribution < -0.4 is 4.74 Å². The lowest BCUT2D eigenvalue weighted by atomic mass is 10.2. The van der Waals surface area contributed by atoms with E-state index in [0.29, 0.717) is 22.4 Å². The maximum atomic E-state index is 14.1. The number of hydrogen-bond acceptors (Lipinski definition) is 3. The van der Waals surface area contributed by atoms with Crippen LogP contribution in [-0.4, -0.2) is 18.1 Å². The van der Waals surface area contributed by atoms with Crippen molar-refractivity contribution in [2.45, 2.75) is 0 Å². The Kier molecular flexibility index (Phi) is 3.31. The zero-order valence-electron chi connectivity index (χ0n) is 11.2. The number of esters is 1. The zero-order valence-corrected chi connectivity index (χ0v) is 11.2. The molecule has 1 N–H and O–H groups in total. The molecular weight excluding hydrogens is 273 g/mol. The minimum absolute atomic E-state index is 0.197. The van der Waals surface area contributed by atoms with Crippen LogP contribution in [0.1, 0.15) is 10.5 Å². The van der Waals surface area contributed by atoms with Gasteiger partial charge in [-0.15, -0.1) is 0 Å². The van der Waals surface area contributed by atoms with Gasteiger partial charge in [0.2, 0.25) is 0 Å². The van der Waals surface area contributed by atoms with Crippen LogP contribution in [0.25, 0.3) is 10.9 Å². The third kappa shape index (κ3) is 2.58. The van der Waals surface area contributed by atoms with Gasteiger partial charge in [0.25, 0.3) is 0 Å². The molecule has 0 atom stereocenters. The minimum atomic E-state index is -0.545. The van der Waals surface area contributed by atoms with Gasteiger partial charge in [-0.05, 0) is 18.2 Å². The lowest BCUT2D eigenvalue weighted by Crippen LogP contribution is -2.00. The molecule has 0 unspecified atom stereocenters. The van der Waals surface area contributed by atoms with Gasteiger partial charge in [0, 0.05) is 17.5 Å². The van der Waals surface area contributed by atoms with Crippen LogP contribution in [0.3, 0.4) is 0 Å². The van der Waals surface area contributed by atoms with Gasteiger partial charge >= 0.3 is 5.97 Å². The van der Waals surface area contributed by atoms with Gasteiger partial charge < -0.3 is 14.5 Å². The first-order valence-corrected chi connectivity index (χ1v) is 6.31. The Morgan fingerprint density at radius 1 is 1.10 bits per heavy atom. The Labute approximate surface area is 120 Å². The maximum Gasteiger partial charge on any atom is 0.354 e. The number of methoxy groups -OCH3 is 1. The number of H-pyrrole nitrogens is 1. The highest BCUT2D eigenvalue weighted by atomic mass is 19.1. The van der Waals surface area contributed by atoms with Crippen LogP contribution in [0, 0.1) is 5.82 Å². The highest BCUT2D eigenvalue weighted by molar-refractivity contribution is 5.95. The van der Waals surface area contributed by atoms with E-state index in [4.69, 9.17) is 4.74 Å². The molecule has 0 amide bonds. The number of benzene rings is 2. The predicted molar refractivity (Wildman–Crippen MR) is 76.1 cm³/mol. The standard InChI is InChI=1S/C16H12FNO3/c1-20-16(19)15-9-12-13(17)7-11(8-14(12)18-15)21-10-5-3-2-4-6-10/h2-9,18H,1H3. The first-order valence-electron chi connectivity index (χ1n) is 6.31. The van der Waals surface area contributed by atoms with Crippen molar-refractivity contribution < 1.29 is 18.7 Å². The number of para-hydroxylation sites is 1. The van der Waals surface area contributed by atoms with E-state index in [-0.39, 0.29) is 5.69 Å². The molecule has 106 valence electrons. The number of carbonyl (C=O) groups excluding carboxylic acids is 1. The summed E-state index contributed by atoms with van der Waals surface area (Å²) in [5, 5.41) is 0.316. The minimum Gasteiger partial charge on any atom is -0.464 e. The first kappa shape index (κ1) is 13.2. The van der Waals surface area contributed by atoms with Crippen LogP contribution in [0.5, 0.6) is 11.5 Å². The molecule has 1 aromatic heterocycles. The maximum absolute atomic E-state index is 14.1. The van der Waals surface area contributed by atoms with Gasteiger partial charge in [-0.25, -0.2) is 9.18 Å². The number of aromatic nitrogens is 1. The summed E-state index contributed by atoms with van der Waals surface area (Å²) in [6, 6.07) is 13.4. The van der Waals surface area contributed by atoms with Crippen LogP contribution in [0.2, 0.25) is 0 Å². The lowest BCUT2D eigenvalue weighted by Gasteiger charge is -2.05. The van der Waals surface area contributed by atoms with Crippen LogP contribution in [-0.2, 0) is 4.74 Å². The van der Waals surface area contributed by atoms with E-state index >= 15 is 0 Å². The monoisotopic (exact) mass is 285 g/mol. The Morgan fingerprint density at radius 3 is 2.57 bits per heavy atom. The molecule has 0 spiro atoms. The average molecular weight is 285 g/mol. The van der Waals surface area contributed by atoms with Gasteiger partial charge in [0.05, 0.1) is 12.6 Å². The Bertz CT molecular complexity index is 796. The van der Waals surface area contributed by atoms with Crippen molar-refractivity contribution in [1.82, 2.24) is 4.98 Å². The van der Waals surface area contributed by atoms with Crippen LogP contribution in [0.15, 0.2) is 48.5 Å². The highest BCUT2D eigenvalue weighted by Gasteiger charge is 2.13. The van der Waals surface area contributed by atoms with Gasteiger partial charge in [-0.1, -0.05) is 18.2 Å². The molecule has 21 heavy (non-hydrogen) atoms. The van der Waals surface area contributed by atoms with Crippen molar-refractivity contribution in [1.29, 1.82) is 0 Å². The quantitative estimate of drug-likeness (QED) is 0.743. The van der Waals surface area contributed by atoms with E-state index in [9.17, 15) is 9.18 Å². The van der Waals surface area contributed by atoms with Crippen molar-refractivity contribution in [3.8, 4) is 11.5 Å². The Balaban J connectivity index is 2.00. The second-order valence-corrected chi connectivity index (χ2v) is 4.46. The van der Waals surface area contributed by atoms with E-state index in [1.165, 1.54) is 19.2 Å². The van der Waals surface area contributed by atoms with E-state index < -0.39 is 11.8 Å². The highest BCUT2D eigenvalue weighted by Crippen LogP contribution is 2.28. The lowest BCUT2D eigenvalue weighted by molar-refractivity contribution is 0.0595. The third-order valence-corrected chi connectivity index (χ3v) is 3.05. The fourth-order valence-corrected chi connectivity index (χ4v) is 2.07. The Hall–Kier alpha value is -2.82. The molecule has 0 aliphatic rings. The molecular formula is C16H12FNO3. The average Bonchev–Trinajstić information content (AvgIpc) is 2.92. The molecule has 0 aliphatic carbocycles. The molecule has 0 saturated carbocycles. The summed E-state index contributed by atoms with van der Waals surface area (Å²) >= 11 is 0. The molecule has 3 rings (SSSR count). The predicted octanol–water partition coefficient (Wildman–Crippen LogP) is 3.89. The smallest absolute Gasteiger partial charge is 0.354 e. The van der Waals surface area contributed by atoms with Crippen molar-refractivity contribution in [2.75, 3.05) is 7.11 Å². The fraction of sp³-hybridized carbons (Fsp3) is 0.0625. The molecule has 4 nitrogen and oxygen atoms in total. The molecule has 0 bridgehead atoms. The first-order chi connectivity index (χ1) is 10.2. The van der Waals surface area contributed by atoms with Gasteiger partial charge in [0.1, 0.15) is 23.0 Å². The number of halogens is 1. The molecule has 0 saturated heterocycles. The van der Waals surface area contributed by atoms with Gasteiger partial charge in [0.15, 0.2) is 0 Å². The Morgan fingerprint density at radius 2 is 1.86 bits per heavy atom. The number of carbonyl (C=O) groups is 1. The molecule has 2 aromatic carbocycles. The van der Waals surface area contributed by atoms with Crippen molar-refractivity contribution >= 4 is 16.9 Å². The largest absolute Gasteiger partial charge is 0.464 e. The molecule has 0 fully saturated rings. The van der Waals surface area contributed by atoms with Gasteiger partial charge in [-0.3, -0.25) is 0 Å². The molecule has 3 aromatic rings. The van der Waals surface area contributed by atoms with E-state index in [0.717, 1.165) is 0 Å². The summed E-state index contributed by atoms with van der Waals surface area (Å²) in [5.41, 5.74) is 0.671. The summed E-state index contributed by atoms with van der Waals surface area (Å²) in [7, 11) is 1.27. The second kappa shape index (κ2) is 5.28. The number of aromatic amines is 1. The van der Waals surface area contributed by atoms with E-state index in [1.807, 2.05) is 18.2 Å². The van der Waals surface area contributed by atoms with E-state index in [1.54, 1.807) is 18.2 Å². The number of hydrogen-bond donors (Lipinski definition) is 1. The number of rotatable bonds is 3. The SMILES string of the molecule is COC(=O)c1cc2c(F)cc(Oc3ccccc3)cc2[nH]1. The summed E-state index contributed by atoms with van der Waals surface area (Å²) in [5.74, 6) is -0.0542. The molecule has 0 radical (unpaired) electrons.